The van der Waals surface area contributed by atoms with Crippen LogP contribution in [0.25, 0.3) is 10.9 Å². The topological polar surface area (TPSA) is 122 Å². The molecule has 0 aliphatic carbocycles. The van der Waals surface area contributed by atoms with Crippen LogP contribution < -0.4 is 5.32 Å². The molecule has 2 unspecified atom stereocenters. The summed E-state index contributed by atoms with van der Waals surface area (Å²) in [6.07, 6.45) is 0.230. The SMILES string of the molecule is CN1C2CCC1CC(NC(=O)c1nn(S(C)(=O)=O)c3ccccc13)C2.O=C(O)C(F)(F)F. The van der Waals surface area contributed by atoms with Crippen LogP contribution in [0.15, 0.2) is 24.3 Å². The second-order valence-electron chi connectivity index (χ2n) is 7.97. The lowest BCUT2D eigenvalue weighted by molar-refractivity contribution is -0.192. The number of aliphatic carboxylic acids is 1. The summed E-state index contributed by atoms with van der Waals surface area (Å²) in [5.41, 5.74) is 0.603. The van der Waals surface area contributed by atoms with Gasteiger partial charge in [0.05, 0.1) is 11.8 Å². The van der Waals surface area contributed by atoms with Crippen molar-refractivity contribution in [1.82, 2.24) is 19.4 Å². The van der Waals surface area contributed by atoms with Gasteiger partial charge in [0.25, 0.3) is 15.9 Å². The first-order valence-electron chi connectivity index (χ1n) is 9.80. The summed E-state index contributed by atoms with van der Waals surface area (Å²) in [7, 11) is -1.42. The number of carboxylic acid groups (broad SMARTS) is 1. The number of benzene rings is 1. The molecule has 3 heterocycles. The minimum Gasteiger partial charge on any atom is -0.475 e. The highest BCUT2D eigenvalue weighted by atomic mass is 32.2. The first kappa shape index (κ1) is 24.0. The molecule has 0 saturated carbocycles. The largest absolute Gasteiger partial charge is 0.490 e. The highest BCUT2D eigenvalue weighted by Crippen LogP contribution is 2.34. The van der Waals surface area contributed by atoms with Crippen molar-refractivity contribution in [2.75, 3.05) is 13.3 Å². The molecule has 2 fully saturated rings. The Bertz CT molecular complexity index is 1120. The number of nitrogens with zero attached hydrogens (tertiary/aromatic N) is 3. The molecular formula is C19H23F3N4O5S. The summed E-state index contributed by atoms with van der Waals surface area (Å²) >= 11 is 0. The number of para-hydroxylation sites is 1. The number of carbonyl (C=O) groups excluding carboxylic acids is 1. The van der Waals surface area contributed by atoms with Crippen molar-refractivity contribution in [2.45, 2.75) is 50.0 Å². The minimum absolute atomic E-state index is 0.114. The van der Waals surface area contributed by atoms with Crippen LogP contribution in [0.4, 0.5) is 13.2 Å². The first-order valence-corrected chi connectivity index (χ1v) is 11.6. The molecule has 1 aromatic carbocycles. The summed E-state index contributed by atoms with van der Waals surface area (Å²) in [5, 5.41) is 14.9. The Balaban J connectivity index is 0.000000360. The predicted octanol–water partition coefficient (Wildman–Crippen LogP) is 1.83. The fourth-order valence-corrected chi connectivity index (χ4v) is 4.99. The molecule has 32 heavy (non-hydrogen) atoms. The van der Waals surface area contributed by atoms with Gasteiger partial charge < -0.3 is 15.3 Å². The molecule has 9 nitrogen and oxygen atoms in total. The standard InChI is InChI=1S/C17H22N4O3S.C2HF3O2/c1-20-12-7-8-13(20)10-11(9-12)18-17(22)16-14-5-3-4-6-15(14)21(19-16)25(2,23)24;3-2(4,5)1(6)7/h3-6,11-13H,7-10H2,1-2H3,(H,18,22);(H,6,7). The molecule has 1 aromatic heterocycles. The molecule has 2 N–H and O–H groups in total. The van der Waals surface area contributed by atoms with Gasteiger partial charge in [-0.25, -0.2) is 13.2 Å². The van der Waals surface area contributed by atoms with Crippen molar-refractivity contribution in [1.29, 1.82) is 0 Å². The monoisotopic (exact) mass is 476 g/mol. The molecule has 2 bridgehead atoms. The molecular weight excluding hydrogens is 453 g/mol. The quantitative estimate of drug-likeness (QED) is 0.693. The third kappa shape index (κ3) is 5.04. The average molecular weight is 476 g/mol. The van der Waals surface area contributed by atoms with Crippen LogP contribution >= 0.6 is 0 Å². The number of piperidine rings is 1. The van der Waals surface area contributed by atoms with E-state index in [2.05, 4.69) is 22.4 Å². The number of nitrogens with one attached hydrogen (secondary N) is 1. The highest BCUT2D eigenvalue weighted by Gasteiger charge is 2.39. The number of carbonyl (C=O) groups is 2. The van der Waals surface area contributed by atoms with Crippen LogP contribution in [-0.2, 0) is 14.8 Å². The van der Waals surface area contributed by atoms with E-state index < -0.39 is 22.2 Å². The average Bonchev–Trinajstić information content (AvgIpc) is 3.15. The Kier molecular flexibility index (Phi) is 6.52. The van der Waals surface area contributed by atoms with Gasteiger partial charge >= 0.3 is 12.1 Å². The molecule has 2 saturated heterocycles. The number of aromatic nitrogens is 2. The fraction of sp³-hybridized carbons (Fsp3) is 0.526. The first-order chi connectivity index (χ1) is 14.8. The van der Waals surface area contributed by atoms with E-state index in [4.69, 9.17) is 9.90 Å². The fourth-order valence-electron chi connectivity index (χ4n) is 4.24. The van der Waals surface area contributed by atoms with Gasteiger partial charge in [0, 0.05) is 23.5 Å². The molecule has 176 valence electrons. The molecule has 1 amide bonds. The summed E-state index contributed by atoms with van der Waals surface area (Å²) in [5.74, 6) is -3.06. The van der Waals surface area contributed by atoms with E-state index in [1.54, 1.807) is 24.3 Å². The number of hydrogen-bond acceptors (Lipinski definition) is 6. The van der Waals surface area contributed by atoms with Crippen molar-refractivity contribution in [3.63, 3.8) is 0 Å². The second kappa shape index (κ2) is 8.70. The lowest BCUT2D eigenvalue weighted by Crippen LogP contribution is -2.48. The van der Waals surface area contributed by atoms with E-state index in [1.165, 1.54) is 12.8 Å². The number of halogens is 3. The molecule has 4 rings (SSSR count). The Morgan fingerprint density at radius 1 is 1.16 bits per heavy atom. The van der Waals surface area contributed by atoms with Crippen molar-refractivity contribution in [3.05, 3.63) is 30.0 Å². The zero-order valence-corrected chi connectivity index (χ0v) is 18.2. The van der Waals surface area contributed by atoms with Gasteiger partial charge in [-0.2, -0.15) is 22.4 Å². The number of hydrogen-bond donors (Lipinski definition) is 2. The summed E-state index contributed by atoms with van der Waals surface area (Å²) < 4.78 is 56.6. The van der Waals surface area contributed by atoms with E-state index in [1.807, 2.05) is 0 Å². The van der Waals surface area contributed by atoms with Gasteiger partial charge in [-0.05, 0) is 38.8 Å². The molecule has 2 aliphatic rings. The van der Waals surface area contributed by atoms with Gasteiger partial charge in [0.15, 0.2) is 5.69 Å². The van der Waals surface area contributed by atoms with Gasteiger partial charge in [-0.15, -0.1) is 0 Å². The number of rotatable bonds is 3. The van der Waals surface area contributed by atoms with Crippen LogP contribution in [0.3, 0.4) is 0 Å². The van der Waals surface area contributed by atoms with Gasteiger partial charge in [-0.1, -0.05) is 18.2 Å². The van der Waals surface area contributed by atoms with E-state index in [0.717, 1.165) is 23.2 Å². The van der Waals surface area contributed by atoms with Crippen LogP contribution in [0.5, 0.6) is 0 Å². The van der Waals surface area contributed by atoms with Gasteiger partial charge in [0.2, 0.25) is 0 Å². The molecule has 2 aliphatic heterocycles. The zero-order chi connectivity index (χ0) is 23.8. The lowest BCUT2D eigenvalue weighted by atomic mass is 9.98. The number of alkyl halides is 3. The number of fused-ring (bicyclic) bond motifs is 3. The van der Waals surface area contributed by atoms with E-state index >= 15 is 0 Å². The third-order valence-electron chi connectivity index (χ3n) is 5.76. The zero-order valence-electron chi connectivity index (χ0n) is 17.3. The lowest BCUT2D eigenvalue weighted by Gasteiger charge is -2.36. The number of carboxylic acids is 1. The van der Waals surface area contributed by atoms with Crippen LogP contribution in [0.1, 0.15) is 36.2 Å². The van der Waals surface area contributed by atoms with E-state index in [9.17, 15) is 26.4 Å². The predicted molar refractivity (Wildman–Crippen MR) is 109 cm³/mol. The Hall–Kier alpha value is -2.67. The molecule has 0 spiro atoms. The summed E-state index contributed by atoms with van der Waals surface area (Å²) in [6.45, 7) is 0. The van der Waals surface area contributed by atoms with Crippen LogP contribution in [0, 0.1) is 0 Å². The smallest absolute Gasteiger partial charge is 0.475 e. The normalized spacial score (nSPS) is 23.5. The maximum Gasteiger partial charge on any atom is 0.490 e. The molecule has 13 heteroatoms. The Morgan fingerprint density at radius 3 is 2.19 bits per heavy atom. The van der Waals surface area contributed by atoms with Crippen molar-refractivity contribution in [2.24, 2.45) is 0 Å². The Labute approximate surface area is 182 Å². The summed E-state index contributed by atoms with van der Waals surface area (Å²) in [6, 6.07) is 8.07. The van der Waals surface area contributed by atoms with Crippen molar-refractivity contribution < 1.29 is 36.3 Å². The van der Waals surface area contributed by atoms with E-state index in [0.29, 0.717) is 23.0 Å². The van der Waals surface area contributed by atoms with Crippen LogP contribution in [0.2, 0.25) is 0 Å². The van der Waals surface area contributed by atoms with Crippen molar-refractivity contribution in [3.8, 4) is 0 Å². The maximum absolute atomic E-state index is 12.8. The number of amides is 1. The Morgan fingerprint density at radius 2 is 1.69 bits per heavy atom. The van der Waals surface area contributed by atoms with Gasteiger partial charge in [-0.3, -0.25) is 4.79 Å². The second-order valence-corrected chi connectivity index (χ2v) is 9.78. The maximum atomic E-state index is 12.8. The van der Waals surface area contributed by atoms with Crippen LogP contribution in [-0.4, -0.2) is 77.1 Å². The molecule has 0 radical (unpaired) electrons. The van der Waals surface area contributed by atoms with E-state index in [-0.39, 0.29) is 17.6 Å². The minimum atomic E-state index is -5.08. The van der Waals surface area contributed by atoms with Gasteiger partial charge in [0.1, 0.15) is 0 Å². The molecule has 2 aromatic rings. The summed E-state index contributed by atoms with van der Waals surface area (Å²) in [4.78, 5) is 24.1. The van der Waals surface area contributed by atoms with Crippen molar-refractivity contribution >= 4 is 32.8 Å². The molecule has 2 atom stereocenters. The third-order valence-corrected chi connectivity index (χ3v) is 6.67. The highest BCUT2D eigenvalue weighted by molar-refractivity contribution is 7.89.